The maximum Gasteiger partial charge on any atom is 0.113 e. The summed E-state index contributed by atoms with van der Waals surface area (Å²) in [4.78, 5) is 0. The molecule has 0 N–H and O–H groups in total. The normalized spacial score (nSPS) is 12.2. The Bertz CT molecular complexity index is 640. The van der Waals surface area contributed by atoms with Gasteiger partial charge in [0.2, 0.25) is 0 Å². The molecule has 0 atom stereocenters. The van der Waals surface area contributed by atoms with Crippen LogP contribution in [0.4, 0.5) is 0 Å². The standard InChI is InChI=1S/C20H35N3Si/c1-6-7-8-9-10-11-12-13-14-23-20-18(21-22-23)15-17(2)16-19(20)24(3,4)5/h15-16H,6-14H2,1-5H3. The molecular formula is C20H35N3Si. The molecule has 2 rings (SSSR count). The Morgan fingerprint density at radius 2 is 1.54 bits per heavy atom. The summed E-state index contributed by atoms with van der Waals surface area (Å²) >= 11 is 0. The van der Waals surface area contributed by atoms with Crippen molar-refractivity contribution in [1.29, 1.82) is 0 Å². The molecule has 0 saturated heterocycles. The number of fused-ring (bicyclic) bond motifs is 1. The molecule has 0 saturated carbocycles. The van der Waals surface area contributed by atoms with Gasteiger partial charge in [-0.25, -0.2) is 4.68 Å². The minimum atomic E-state index is -1.40. The molecule has 0 radical (unpaired) electrons. The number of nitrogens with zero attached hydrogens (tertiary/aromatic N) is 3. The Labute approximate surface area is 148 Å². The van der Waals surface area contributed by atoms with Crippen LogP contribution in [0.15, 0.2) is 12.1 Å². The molecule has 1 heterocycles. The first-order chi connectivity index (χ1) is 11.4. The highest BCUT2D eigenvalue weighted by Crippen LogP contribution is 2.17. The molecule has 3 nitrogen and oxygen atoms in total. The van der Waals surface area contributed by atoms with Gasteiger partial charge in [0.1, 0.15) is 5.52 Å². The Kier molecular flexibility index (Phi) is 7.02. The topological polar surface area (TPSA) is 30.7 Å². The first-order valence-electron chi connectivity index (χ1n) is 9.78. The van der Waals surface area contributed by atoms with Gasteiger partial charge in [-0.2, -0.15) is 0 Å². The first-order valence-corrected chi connectivity index (χ1v) is 13.3. The summed E-state index contributed by atoms with van der Waals surface area (Å²) in [7, 11) is -1.40. The number of rotatable bonds is 10. The van der Waals surface area contributed by atoms with Crippen molar-refractivity contribution in [3.63, 3.8) is 0 Å². The average Bonchev–Trinajstić information content (AvgIpc) is 2.91. The SMILES string of the molecule is CCCCCCCCCCn1nnc2cc(C)cc([Si](C)(C)C)c21. The minimum Gasteiger partial charge on any atom is -0.245 e. The molecule has 0 aliphatic heterocycles. The zero-order valence-corrected chi connectivity index (χ0v) is 17.4. The second kappa shape index (κ2) is 8.79. The molecule has 0 fully saturated rings. The van der Waals surface area contributed by atoms with Gasteiger partial charge < -0.3 is 0 Å². The smallest absolute Gasteiger partial charge is 0.113 e. The second-order valence-corrected chi connectivity index (χ2v) is 13.3. The van der Waals surface area contributed by atoms with E-state index < -0.39 is 8.07 Å². The highest BCUT2D eigenvalue weighted by atomic mass is 28.3. The third-order valence-corrected chi connectivity index (χ3v) is 6.78. The summed E-state index contributed by atoms with van der Waals surface area (Å²) in [5, 5.41) is 10.4. The van der Waals surface area contributed by atoms with Crippen molar-refractivity contribution in [3.05, 3.63) is 17.7 Å². The van der Waals surface area contributed by atoms with Crippen LogP contribution in [0, 0.1) is 6.92 Å². The van der Waals surface area contributed by atoms with Crippen LogP contribution >= 0.6 is 0 Å². The van der Waals surface area contributed by atoms with E-state index in [-0.39, 0.29) is 0 Å². The van der Waals surface area contributed by atoms with Gasteiger partial charge in [-0.3, -0.25) is 0 Å². The lowest BCUT2D eigenvalue weighted by Gasteiger charge is -2.19. The Morgan fingerprint density at radius 3 is 2.17 bits per heavy atom. The lowest BCUT2D eigenvalue weighted by molar-refractivity contribution is 0.519. The summed E-state index contributed by atoms with van der Waals surface area (Å²) in [5.74, 6) is 0. The molecule has 1 aromatic heterocycles. The second-order valence-electron chi connectivity index (χ2n) is 8.22. The molecular weight excluding hydrogens is 310 g/mol. The van der Waals surface area contributed by atoms with E-state index in [2.05, 4.69) is 60.6 Å². The fraction of sp³-hybridized carbons (Fsp3) is 0.700. The average molecular weight is 346 g/mol. The number of benzene rings is 1. The summed E-state index contributed by atoms with van der Waals surface area (Å²) in [6, 6.07) is 4.54. The lowest BCUT2D eigenvalue weighted by Crippen LogP contribution is -2.39. The number of unbranched alkanes of at least 4 members (excludes halogenated alkanes) is 7. The first kappa shape index (κ1) is 19.2. The molecule has 134 valence electrons. The van der Waals surface area contributed by atoms with Crippen molar-refractivity contribution in [1.82, 2.24) is 15.0 Å². The predicted molar refractivity (Wildman–Crippen MR) is 108 cm³/mol. The van der Waals surface area contributed by atoms with Crippen LogP contribution in [0.5, 0.6) is 0 Å². The number of aryl methyl sites for hydroxylation is 2. The van der Waals surface area contributed by atoms with Gasteiger partial charge >= 0.3 is 0 Å². The van der Waals surface area contributed by atoms with Crippen molar-refractivity contribution in [2.75, 3.05) is 0 Å². The summed E-state index contributed by atoms with van der Waals surface area (Å²) in [6.45, 7) is 12.7. The zero-order chi connectivity index (χ0) is 17.6. The fourth-order valence-corrected chi connectivity index (χ4v) is 5.01. The Morgan fingerprint density at radius 1 is 0.917 bits per heavy atom. The van der Waals surface area contributed by atoms with E-state index in [4.69, 9.17) is 0 Å². The van der Waals surface area contributed by atoms with Crippen LogP contribution in [0.3, 0.4) is 0 Å². The summed E-state index contributed by atoms with van der Waals surface area (Å²) < 4.78 is 2.17. The zero-order valence-electron chi connectivity index (χ0n) is 16.4. The van der Waals surface area contributed by atoms with Gasteiger partial charge in [0, 0.05) is 6.54 Å². The Balaban J connectivity index is 1.95. The van der Waals surface area contributed by atoms with E-state index in [9.17, 15) is 0 Å². The summed E-state index contributed by atoms with van der Waals surface area (Å²) in [5.41, 5.74) is 3.67. The van der Waals surface area contributed by atoms with E-state index in [0.717, 1.165) is 12.1 Å². The van der Waals surface area contributed by atoms with E-state index in [1.807, 2.05) is 0 Å². The molecule has 0 bridgehead atoms. The van der Waals surface area contributed by atoms with E-state index in [1.54, 1.807) is 0 Å². The molecule has 4 heteroatoms. The van der Waals surface area contributed by atoms with Gasteiger partial charge in [0.25, 0.3) is 0 Å². The molecule has 0 amide bonds. The summed E-state index contributed by atoms with van der Waals surface area (Å²) in [6.07, 6.45) is 10.8. The van der Waals surface area contributed by atoms with Crippen LogP contribution in [0.1, 0.15) is 63.9 Å². The van der Waals surface area contributed by atoms with E-state index in [1.165, 1.54) is 67.6 Å². The third kappa shape index (κ3) is 5.17. The largest absolute Gasteiger partial charge is 0.245 e. The third-order valence-electron chi connectivity index (χ3n) is 4.78. The van der Waals surface area contributed by atoms with Crippen molar-refractivity contribution < 1.29 is 0 Å². The monoisotopic (exact) mass is 345 g/mol. The Hall–Kier alpha value is -1.16. The predicted octanol–water partition coefficient (Wildman–Crippen LogP) is 5.43. The van der Waals surface area contributed by atoms with Crippen LogP contribution in [-0.2, 0) is 6.54 Å². The molecule has 0 unspecified atom stereocenters. The fourth-order valence-electron chi connectivity index (χ4n) is 3.38. The maximum atomic E-state index is 4.46. The van der Waals surface area contributed by atoms with Crippen LogP contribution in [-0.4, -0.2) is 23.1 Å². The lowest BCUT2D eigenvalue weighted by atomic mass is 10.1. The van der Waals surface area contributed by atoms with Crippen molar-refractivity contribution in [2.45, 2.75) is 91.4 Å². The van der Waals surface area contributed by atoms with E-state index in [0.29, 0.717) is 0 Å². The van der Waals surface area contributed by atoms with Crippen LogP contribution < -0.4 is 5.19 Å². The molecule has 1 aromatic carbocycles. The van der Waals surface area contributed by atoms with Crippen molar-refractivity contribution in [2.24, 2.45) is 0 Å². The highest BCUT2D eigenvalue weighted by Gasteiger charge is 2.22. The minimum absolute atomic E-state index is 1.01. The molecule has 0 aliphatic rings. The van der Waals surface area contributed by atoms with Crippen molar-refractivity contribution in [3.8, 4) is 0 Å². The van der Waals surface area contributed by atoms with Gasteiger partial charge in [0.05, 0.1) is 13.6 Å². The van der Waals surface area contributed by atoms with Gasteiger partial charge in [-0.1, -0.05) is 82.8 Å². The van der Waals surface area contributed by atoms with E-state index >= 15 is 0 Å². The number of aromatic nitrogens is 3. The van der Waals surface area contributed by atoms with Gasteiger partial charge in [0.15, 0.2) is 0 Å². The van der Waals surface area contributed by atoms with Crippen LogP contribution in [0.25, 0.3) is 11.0 Å². The molecule has 0 spiro atoms. The van der Waals surface area contributed by atoms with Crippen LogP contribution in [0.2, 0.25) is 19.6 Å². The maximum absolute atomic E-state index is 4.46. The molecule has 24 heavy (non-hydrogen) atoms. The number of hydrogen-bond donors (Lipinski definition) is 0. The highest BCUT2D eigenvalue weighted by molar-refractivity contribution is 6.90. The van der Waals surface area contributed by atoms with Crippen molar-refractivity contribution >= 4 is 24.3 Å². The quantitative estimate of drug-likeness (QED) is 0.425. The van der Waals surface area contributed by atoms with Gasteiger partial charge in [-0.05, 0) is 30.2 Å². The molecule has 0 aliphatic carbocycles. The number of hydrogen-bond acceptors (Lipinski definition) is 2. The van der Waals surface area contributed by atoms with Gasteiger partial charge in [-0.15, -0.1) is 5.10 Å². The molecule has 2 aromatic rings.